The van der Waals surface area contributed by atoms with Crippen molar-refractivity contribution < 1.29 is 0 Å². The van der Waals surface area contributed by atoms with Gasteiger partial charge in [-0.2, -0.15) is 0 Å². The monoisotopic (exact) mass is 187 g/mol. The van der Waals surface area contributed by atoms with E-state index in [9.17, 15) is 0 Å². The van der Waals surface area contributed by atoms with Gasteiger partial charge in [-0.25, -0.2) is 0 Å². The Morgan fingerprint density at radius 2 is 2.21 bits per heavy atom. The molecule has 0 atom stereocenters. The van der Waals surface area contributed by atoms with E-state index in [-0.39, 0.29) is 0 Å². The number of hydrogen-bond donors (Lipinski definition) is 0. The molecule has 0 aromatic carbocycles. The maximum absolute atomic E-state index is 4.34. The Labute approximate surface area is 86.2 Å². The Morgan fingerprint density at radius 1 is 1.50 bits per heavy atom. The molecule has 0 saturated carbocycles. The number of rotatable bonds is 3. The predicted molar refractivity (Wildman–Crippen MR) is 63.5 cm³/mol. The van der Waals surface area contributed by atoms with Gasteiger partial charge in [0.15, 0.2) is 0 Å². The Hall–Kier alpha value is -1.37. The van der Waals surface area contributed by atoms with Crippen LogP contribution in [0.15, 0.2) is 52.7 Å². The second kappa shape index (κ2) is 4.75. The molecule has 1 heterocycles. The summed E-state index contributed by atoms with van der Waals surface area (Å²) in [5.41, 5.74) is 4.74. The summed E-state index contributed by atoms with van der Waals surface area (Å²) < 4.78 is 0. The van der Waals surface area contributed by atoms with Crippen molar-refractivity contribution >= 4 is 5.71 Å². The van der Waals surface area contributed by atoms with E-state index in [1.54, 1.807) is 0 Å². The SMILES string of the molecule is C=C(C)C1=NC=C(/C(C)=C/C=C\C)C1. The zero-order valence-electron chi connectivity index (χ0n) is 9.17. The molecule has 0 unspecified atom stereocenters. The number of nitrogens with zero attached hydrogens (tertiary/aromatic N) is 1. The molecule has 0 radical (unpaired) electrons. The average Bonchev–Trinajstić information content (AvgIpc) is 2.62. The molecule has 1 aliphatic rings. The summed E-state index contributed by atoms with van der Waals surface area (Å²) in [4.78, 5) is 4.34. The molecule has 0 N–H and O–H groups in total. The van der Waals surface area contributed by atoms with Gasteiger partial charge in [0, 0.05) is 18.3 Å². The standard InChI is InChI=1S/C13H17N/c1-5-6-7-11(4)12-8-13(10(2)3)14-9-12/h5-7,9H,2,8H2,1,3-4H3/b6-5-,11-7+. The maximum Gasteiger partial charge on any atom is 0.0471 e. The fourth-order valence-corrected chi connectivity index (χ4v) is 1.28. The third kappa shape index (κ3) is 2.56. The summed E-state index contributed by atoms with van der Waals surface area (Å²) in [5, 5.41) is 0. The Kier molecular flexibility index (Phi) is 3.63. The van der Waals surface area contributed by atoms with Crippen molar-refractivity contribution in [1.82, 2.24) is 0 Å². The van der Waals surface area contributed by atoms with Gasteiger partial charge < -0.3 is 0 Å². The Morgan fingerprint density at radius 3 is 2.71 bits per heavy atom. The molecule has 1 nitrogen and oxygen atoms in total. The molecule has 0 aromatic rings. The Bertz CT molecular complexity index is 351. The normalized spacial score (nSPS) is 17.2. The van der Waals surface area contributed by atoms with Crippen LogP contribution < -0.4 is 0 Å². The van der Waals surface area contributed by atoms with Crippen molar-refractivity contribution in [2.75, 3.05) is 0 Å². The van der Waals surface area contributed by atoms with E-state index in [2.05, 4.69) is 30.6 Å². The molecular weight excluding hydrogens is 170 g/mol. The molecule has 74 valence electrons. The van der Waals surface area contributed by atoms with Gasteiger partial charge in [0.05, 0.1) is 0 Å². The van der Waals surface area contributed by atoms with Crippen LogP contribution in [0.1, 0.15) is 27.2 Å². The van der Waals surface area contributed by atoms with Crippen LogP contribution in [0.4, 0.5) is 0 Å². The molecule has 0 bridgehead atoms. The minimum absolute atomic E-state index is 0.926. The lowest BCUT2D eigenvalue weighted by Gasteiger charge is -2.02. The van der Waals surface area contributed by atoms with Crippen LogP contribution in [0, 0.1) is 0 Å². The molecule has 14 heavy (non-hydrogen) atoms. The van der Waals surface area contributed by atoms with E-state index in [4.69, 9.17) is 0 Å². The average molecular weight is 187 g/mol. The highest BCUT2D eigenvalue weighted by molar-refractivity contribution is 6.02. The summed E-state index contributed by atoms with van der Waals surface area (Å²) in [7, 11) is 0. The van der Waals surface area contributed by atoms with E-state index >= 15 is 0 Å². The van der Waals surface area contributed by atoms with Crippen LogP contribution in [0.5, 0.6) is 0 Å². The summed E-state index contributed by atoms with van der Waals surface area (Å²) in [6.45, 7) is 10.0. The summed E-state index contributed by atoms with van der Waals surface area (Å²) in [6, 6.07) is 0. The zero-order chi connectivity index (χ0) is 10.6. The van der Waals surface area contributed by atoms with Crippen LogP contribution in [0.2, 0.25) is 0 Å². The van der Waals surface area contributed by atoms with Crippen molar-refractivity contribution in [2.24, 2.45) is 4.99 Å². The van der Waals surface area contributed by atoms with Crippen molar-refractivity contribution in [1.29, 1.82) is 0 Å². The molecule has 1 aliphatic heterocycles. The summed E-state index contributed by atoms with van der Waals surface area (Å²) in [6.07, 6.45) is 9.06. The number of hydrogen-bond acceptors (Lipinski definition) is 1. The van der Waals surface area contributed by atoms with E-state index in [1.165, 1.54) is 11.1 Å². The van der Waals surface area contributed by atoms with Gasteiger partial charge in [-0.15, -0.1) is 0 Å². The molecule has 0 fully saturated rings. The topological polar surface area (TPSA) is 12.4 Å². The summed E-state index contributed by atoms with van der Waals surface area (Å²) in [5.74, 6) is 0. The first-order chi connectivity index (χ1) is 6.65. The van der Waals surface area contributed by atoms with E-state index in [0.717, 1.165) is 17.7 Å². The highest BCUT2D eigenvalue weighted by Crippen LogP contribution is 2.22. The first-order valence-corrected chi connectivity index (χ1v) is 4.86. The molecule has 0 saturated heterocycles. The molecule has 0 spiro atoms. The van der Waals surface area contributed by atoms with Gasteiger partial charge in [-0.3, -0.25) is 4.99 Å². The van der Waals surface area contributed by atoms with Crippen LogP contribution in [-0.4, -0.2) is 5.71 Å². The van der Waals surface area contributed by atoms with Crippen LogP contribution in [-0.2, 0) is 0 Å². The minimum atomic E-state index is 0.926. The smallest absolute Gasteiger partial charge is 0.0471 e. The lowest BCUT2D eigenvalue weighted by atomic mass is 10.0. The molecule has 0 amide bonds. The van der Waals surface area contributed by atoms with Gasteiger partial charge in [0.2, 0.25) is 0 Å². The predicted octanol–water partition coefficient (Wildman–Crippen LogP) is 3.81. The molecule has 0 aliphatic carbocycles. The highest BCUT2D eigenvalue weighted by atomic mass is 14.7. The quantitative estimate of drug-likeness (QED) is 0.596. The number of aliphatic imine (C=N–C) groups is 1. The lowest BCUT2D eigenvalue weighted by molar-refractivity contribution is 1.27. The van der Waals surface area contributed by atoms with Gasteiger partial charge in [-0.05, 0) is 37.5 Å². The number of allylic oxidation sites excluding steroid dienone is 6. The van der Waals surface area contributed by atoms with E-state index in [0.29, 0.717) is 0 Å². The van der Waals surface area contributed by atoms with Gasteiger partial charge >= 0.3 is 0 Å². The van der Waals surface area contributed by atoms with Crippen molar-refractivity contribution in [3.63, 3.8) is 0 Å². The molecule has 1 rings (SSSR count). The third-order valence-electron chi connectivity index (χ3n) is 2.27. The zero-order valence-corrected chi connectivity index (χ0v) is 9.17. The van der Waals surface area contributed by atoms with Gasteiger partial charge in [0.25, 0.3) is 0 Å². The lowest BCUT2D eigenvalue weighted by Crippen LogP contribution is -1.96. The second-order valence-corrected chi connectivity index (χ2v) is 3.56. The second-order valence-electron chi connectivity index (χ2n) is 3.56. The summed E-state index contributed by atoms with van der Waals surface area (Å²) >= 11 is 0. The molecule has 1 heteroatoms. The molecular formula is C13H17N. The van der Waals surface area contributed by atoms with Gasteiger partial charge in [-0.1, -0.05) is 24.8 Å². The van der Waals surface area contributed by atoms with Crippen LogP contribution in [0.25, 0.3) is 0 Å². The fraction of sp³-hybridized carbons (Fsp3) is 0.308. The first-order valence-electron chi connectivity index (χ1n) is 4.86. The van der Waals surface area contributed by atoms with Crippen molar-refractivity contribution in [3.8, 4) is 0 Å². The van der Waals surface area contributed by atoms with E-state index < -0.39 is 0 Å². The van der Waals surface area contributed by atoms with Crippen LogP contribution >= 0.6 is 0 Å². The molecule has 0 aromatic heterocycles. The van der Waals surface area contributed by atoms with Crippen molar-refractivity contribution in [2.45, 2.75) is 27.2 Å². The maximum atomic E-state index is 4.34. The van der Waals surface area contributed by atoms with E-state index in [1.807, 2.05) is 26.1 Å². The minimum Gasteiger partial charge on any atom is -0.260 e. The fourth-order valence-electron chi connectivity index (χ4n) is 1.28. The largest absolute Gasteiger partial charge is 0.260 e. The Balaban J connectivity index is 2.66. The van der Waals surface area contributed by atoms with Crippen molar-refractivity contribution in [3.05, 3.63) is 47.7 Å². The first kappa shape index (κ1) is 10.7. The van der Waals surface area contributed by atoms with Gasteiger partial charge in [0.1, 0.15) is 0 Å². The highest BCUT2D eigenvalue weighted by Gasteiger charge is 2.11. The van der Waals surface area contributed by atoms with Crippen LogP contribution in [0.3, 0.4) is 0 Å². The third-order valence-corrected chi connectivity index (χ3v) is 2.27.